The van der Waals surface area contributed by atoms with Gasteiger partial charge in [0.2, 0.25) is 0 Å². The lowest BCUT2D eigenvalue weighted by molar-refractivity contribution is 0.458. The van der Waals surface area contributed by atoms with Gasteiger partial charge in [-0.3, -0.25) is 4.68 Å². The van der Waals surface area contributed by atoms with Crippen LogP contribution in [0.25, 0.3) is 0 Å². The maximum absolute atomic E-state index is 6.03. The summed E-state index contributed by atoms with van der Waals surface area (Å²) < 4.78 is 1.97. The van der Waals surface area contributed by atoms with Crippen molar-refractivity contribution in [1.82, 2.24) is 14.7 Å². The Morgan fingerprint density at radius 2 is 1.84 bits per heavy atom. The van der Waals surface area contributed by atoms with Crippen LogP contribution in [0, 0.1) is 0 Å². The monoisotopic (exact) mass is 265 g/mol. The highest BCUT2D eigenvalue weighted by Gasteiger charge is 2.13. The standard InChI is InChI=1S/C14H27N5/c1-6-12-11(13(7-2)18(5)17-12)10-16-14(15)19(8-3)9-4/h6-10H2,1-5H3,(H2,15,16). The molecule has 0 aliphatic rings. The van der Waals surface area contributed by atoms with E-state index in [0.29, 0.717) is 12.5 Å². The zero-order chi connectivity index (χ0) is 14.4. The van der Waals surface area contributed by atoms with Crippen LogP contribution < -0.4 is 5.73 Å². The minimum absolute atomic E-state index is 0.623. The van der Waals surface area contributed by atoms with E-state index in [9.17, 15) is 0 Å². The Kier molecular flexibility index (Phi) is 5.86. The van der Waals surface area contributed by atoms with Gasteiger partial charge in [-0.2, -0.15) is 5.10 Å². The van der Waals surface area contributed by atoms with E-state index < -0.39 is 0 Å². The summed E-state index contributed by atoms with van der Waals surface area (Å²) in [6, 6.07) is 0. The van der Waals surface area contributed by atoms with Gasteiger partial charge in [0, 0.05) is 31.4 Å². The lowest BCUT2D eigenvalue weighted by atomic mass is 10.1. The number of guanidine groups is 1. The molecule has 0 saturated carbocycles. The van der Waals surface area contributed by atoms with Gasteiger partial charge in [-0.25, -0.2) is 4.99 Å². The Bertz CT molecular complexity index is 429. The number of aryl methyl sites for hydroxylation is 2. The molecule has 5 nitrogen and oxygen atoms in total. The summed E-state index contributed by atoms with van der Waals surface area (Å²) in [5, 5.41) is 4.56. The second-order valence-electron chi connectivity index (χ2n) is 4.55. The molecule has 0 aliphatic carbocycles. The van der Waals surface area contributed by atoms with Gasteiger partial charge in [-0.05, 0) is 26.7 Å². The topological polar surface area (TPSA) is 59.4 Å². The number of aromatic nitrogens is 2. The molecule has 1 aromatic rings. The third kappa shape index (κ3) is 3.49. The van der Waals surface area contributed by atoms with Crippen molar-refractivity contribution in [3.05, 3.63) is 17.0 Å². The molecule has 5 heteroatoms. The van der Waals surface area contributed by atoms with Crippen LogP contribution in [0.2, 0.25) is 0 Å². The minimum Gasteiger partial charge on any atom is -0.370 e. The molecule has 19 heavy (non-hydrogen) atoms. The molecule has 0 spiro atoms. The molecule has 1 aromatic heterocycles. The van der Waals surface area contributed by atoms with Crippen LogP contribution >= 0.6 is 0 Å². The molecule has 0 radical (unpaired) electrons. The fourth-order valence-electron chi connectivity index (χ4n) is 2.38. The normalized spacial score (nSPS) is 11.9. The van der Waals surface area contributed by atoms with E-state index >= 15 is 0 Å². The Balaban J connectivity index is 2.96. The molecule has 1 heterocycles. The van der Waals surface area contributed by atoms with Gasteiger partial charge in [-0.1, -0.05) is 13.8 Å². The Morgan fingerprint density at radius 3 is 2.32 bits per heavy atom. The summed E-state index contributed by atoms with van der Waals surface area (Å²) >= 11 is 0. The van der Waals surface area contributed by atoms with Gasteiger partial charge >= 0.3 is 0 Å². The zero-order valence-electron chi connectivity index (χ0n) is 12.9. The third-order valence-corrected chi connectivity index (χ3v) is 3.51. The van der Waals surface area contributed by atoms with Crippen LogP contribution in [0.5, 0.6) is 0 Å². The first-order chi connectivity index (χ1) is 9.08. The molecule has 2 N–H and O–H groups in total. The maximum Gasteiger partial charge on any atom is 0.191 e. The third-order valence-electron chi connectivity index (χ3n) is 3.51. The molecular weight excluding hydrogens is 238 g/mol. The summed E-state index contributed by atoms with van der Waals surface area (Å²) in [5.74, 6) is 0.623. The van der Waals surface area contributed by atoms with Crippen molar-refractivity contribution in [2.24, 2.45) is 17.8 Å². The van der Waals surface area contributed by atoms with Crippen molar-refractivity contribution in [1.29, 1.82) is 0 Å². The van der Waals surface area contributed by atoms with Crippen LogP contribution in [-0.4, -0.2) is 33.7 Å². The fraction of sp³-hybridized carbons (Fsp3) is 0.714. The quantitative estimate of drug-likeness (QED) is 0.629. The molecule has 108 valence electrons. The van der Waals surface area contributed by atoms with Crippen molar-refractivity contribution in [3.63, 3.8) is 0 Å². The molecule has 0 fully saturated rings. The minimum atomic E-state index is 0.623. The molecule has 0 unspecified atom stereocenters. The SMILES string of the molecule is CCc1nn(C)c(CC)c1CN=C(N)N(CC)CC. The second-order valence-corrected chi connectivity index (χ2v) is 4.55. The predicted molar refractivity (Wildman–Crippen MR) is 80.2 cm³/mol. The van der Waals surface area contributed by atoms with Crippen LogP contribution in [-0.2, 0) is 26.4 Å². The number of aliphatic imine (C=N–C) groups is 1. The fourth-order valence-corrected chi connectivity index (χ4v) is 2.38. The lowest BCUT2D eigenvalue weighted by Crippen LogP contribution is -2.37. The first kappa shape index (κ1) is 15.5. The summed E-state index contributed by atoms with van der Waals surface area (Å²) in [6.45, 7) is 10.9. The van der Waals surface area contributed by atoms with E-state index in [0.717, 1.165) is 31.6 Å². The summed E-state index contributed by atoms with van der Waals surface area (Å²) in [7, 11) is 2.00. The number of nitrogens with zero attached hydrogens (tertiary/aromatic N) is 4. The van der Waals surface area contributed by atoms with Gasteiger partial charge in [0.25, 0.3) is 0 Å². The summed E-state index contributed by atoms with van der Waals surface area (Å²) in [5.41, 5.74) is 9.66. The van der Waals surface area contributed by atoms with E-state index in [1.807, 2.05) is 11.7 Å². The highest BCUT2D eigenvalue weighted by molar-refractivity contribution is 5.78. The van der Waals surface area contributed by atoms with Gasteiger partial charge in [0.05, 0.1) is 12.2 Å². The van der Waals surface area contributed by atoms with E-state index in [1.165, 1.54) is 11.3 Å². The van der Waals surface area contributed by atoms with Crippen molar-refractivity contribution >= 4 is 5.96 Å². The Morgan fingerprint density at radius 1 is 1.21 bits per heavy atom. The van der Waals surface area contributed by atoms with Crippen molar-refractivity contribution in [2.75, 3.05) is 13.1 Å². The molecule has 0 aromatic carbocycles. The van der Waals surface area contributed by atoms with Crippen LogP contribution in [0.4, 0.5) is 0 Å². The molecule has 0 bridgehead atoms. The number of hydrogen-bond acceptors (Lipinski definition) is 2. The van der Waals surface area contributed by atoms with Gasteiger partial charge in [0.15, 0.2) is 5.96 Å². The first-order valence-electron chi connectivity index (χ1n) is 7.17. The highest BCUT2D eigenvalue weighted by Crippen LogP contribution is 2.16. The number of hydrogen-bond donors (Lipinski definition) is 1. The van der Waals surface area contributed by atoms with Crippen LogP contribution in [0.3, 0.4) is 0 Å². The number of nitrogens with two attached hydrogens (primary N) is 1. The molecule has 0 saturated heterocycles. The molecule has 1 rings (SSSR count). The molecule has 0 aliphatic heterocycles. The second kappa shape index (κ2) is 7.16. The van der Waals surface area contributed by atoms with E-state index in [4.69, 9.17) is 5.73 Å². The van der Waals surface area contributed by atoms with Gasteiger partial charge in [-0.15, -0.1) is 0 Å². The number of rotatable bonds is 6. The summed E-state index contributed by atoms with van der Waals surface area (Å²) in [6.07, 6.45) is 1.91. The highest BCUT2D eigenvalue weighted by atomic mass is 15.3. The molecular formula is C14H27N5. The molecule has 0 amide bonds. The summed E-state index contributed by atoms with van der Waals surface area (Å²) in [4.78, 5) is 6.60. The maximum atomic E-state index is 6.03. The predicted octanol–water partition coefficient (Wildman–Crippen LogP) is 1.70. The molecule has 0 atom stereocenters. The van der Waals surface area contributed by atoms with Crippen molar-refractivity contribution in [2.45, 2.75) is 47.1 Å². The average molecular weight is 265 g/mol. The zero-order valence-corrected chi connectivity index (χ0v) is 12.9. The van der Waals surface area contributed by atoms with E-state index in [1.54, 1.807) is 0 Å². The van der Waals surface area contributed by atoms with E-state index in [2.05, 4.69) is 42.7 Å². The Hall–Kier alpha value is -1.52. The van der Waals surface area contributed by atoms with Crippen molar-refractivity contribution < 1.29 is 0 Å². The lowest BCUT2D eigenvalue weighted by Gasteiger charge is -2.19. The largest absolute Gasteiger partial charge is 0.370 e. The smallest absolute Gasteiger partial charge is 0.191 e. The van der Waals surface area contributed by atoms with Gasteiger partial charge < -0.3 is 10.6 Å². The van der Waals surface area contributed by atoms with Crippen LogP contribution in [0.1, 0.15) is 44.6 Å². The average Bonchev–Trinajstić information content (AvgIpc) is 2.73. The van der Waals surface area contributed by atoms with E-state index in [-0.39, 0.29) is 0 Å². The van der Waals surface area contributed by atoms with Crippen molar-refractivity contribution in [3.8, 4) is 0 Å². The first-order valence-corrected chi connectivity index (χ1v) is 7.17. The van der Waals surface area contributed by atoms with Gasteiger partial charge in [0.1, 0.15) is 0 Å². The van der Waals surface area contributed by atoms with Crippen LogP contribution in [0.15, 0.2) is 4.99 Å². The Labute approximate surface area is 116 Å².